The third-order valence-electron chi connectivity index (χ3n) is 2.75. The van der Waals surface area contributed by atoms with E-state index in [2.05, 4.69) is 13.8 Å². The zero-order valence-corrected chi connectivity index (χ0v) is 11.6. The van der Waals surface area contributed by atoms with Gasteiger partial charge in [-0.05, 0) is 55.9 Å². The fraction of sp³-hybridized carbons (Fsp3) is 0.600. The van der Waals surface area contributed by atoms with Crippen LogP contribution in [0.5, 0.6) is 5.75 Å². The molecule has 0 aliphatic heterocycles. The van der Waals surface area contributed by atoms with Crippen molar-refractivity contribution >= 4 is 0 Å². The van der Waals surface area contributed by atoms with Crippen molar-refractivity contribution in [2.24, 2.45) is 11.7 Å². The lowest BCUT2D eigenvalue weighted by Gasteiger charge is -2.13. The van der Waals surface area contributed by atoms with Gasteiger partial charge in [0.2, 0.25) is 0 Å². The Balaban J connectivity index is 2.57. The largest absolute Gasteiger partial charge is 0.493 e. The van der Waals surface area contributed by atoms with E-state index in [4.69, 9.17) is 10.5 Å². The van der Waals surface area contributed by atoms with Crippen LogP contribution in [0.4, 0.5) is 4.39 Å². The normalized spacial score (nSPS) is 12.8. The Morgan fingerprint density at radius 2 is 2.00 bits per heavy atom. The van der Waals surface area contributed by atoms with Crippen LogP contribution in [0, 0.1) is 11.7 Å². The minimum Gasteiger partial charge on any atom is -0.493 e. The highest BCUT2D eigenvalue weighted by atomic mass is 19.1. The molecule has 2 nitrogen and oxygen atoms in total. The molecule has 18 heavy (non-hydrogen) atoms. The molecule has 3 heteroatoms. The summed E-state index contributed by atoms with van der Waals surface area (Å²) in [5, 5.41) is 0. The summed E-state index contributed by atoms with van der Waals surface area (Å²) in [7, 11) is 0. The molecule has 1 aromatic rings. The number of benzene rings is 1. The number of hydrogen-bond acceptors (Lipinski definition) is 2. The second kappa shape index (κ2) is 7.37. The Labute approximate surface area is 109 Å². The quantitative estimate of drug-likeness (QED) is 0.754. The average molecular weight is 253 g/mol. The zero-order chi connectivity index (χ0) is 13.5. The first-order valence-electron chi connectivity index (χ1n) is 6.66. The summed E-state index contributed by atoms with van der Waals surface area (Å²) in [4.78, 5) is 0. The molecule has 1 atom stereocenters. The second-order valence-corrected chi connectivity index (χ2v) is 5.32. The number of ether oxygens (including phenoxy) is 1. The maximum atomic E-state index is 13.2. The highest BCUT2D eigenvalue weighted by molar-refractivity contribution is 5.34. The highest BCUT2D eigenvalue weighted by Crippen LogP contribution is 2.21. The Bertz CT molecular complexity index is 364. The van der Waals surface area contributed by atoms with Crippen LogP contribution >= 0.6 is 0 Å². The van der Waals surface area contributed by atoms with Gasteiger partial charge in [-0.15, -0.1) is 0 Å². The molecular formula is C15H24FNO. The lowest BCUT2D eigenvalue weighted by molar-refractivity contribution is 0.294. The summed E-state index contributed by atoms with van der Waals surface area (Å²) in [6, 6.07) is 4.65. The number of halogens is 1. The van der Waals surface area contributed by atoms with Crippen LogP contribution in [-0.2, 0) is 6.42 Å². The Kier molecular flexibility index (Phi) is 6.13. The lowest BCUT2D eigenvalue weighted by atomic mass is 10.1. The second-order valence-electron chi connectivity index (χ2n) is 5.32. The zero-order valence-electron chi connectivity index (χ0n) is 11.6. The smallest absolute Gasteiger partial charge is 0.123 e. The van der Waals surface area contributed by atoms with Crippen molar-refractivity contribution in [1.29, 1.82) is 0 Å². The first-order valence-corrected chi connectivity index (χ1v) is 6.66. The topological polar surface area (TPSA) is 35.2 Å². The maximum Gasteiger partial charge on any atom is 0.123 e. The molecule has 0 aliphatic rings. The van der Waals surface area contributed by atoms with Gasteiger partial charge in [-0.3, -0.25) is 0 Å². The fourth-order valence-electron chi connectivity index (χ4n) is 1.87. The summed E-state index contributed by atoms with van der Waals surface area (Å²) < 4.78 is 18.9. The summed E-state index contributed by atoms with van der Waals surface area (Å²) in [6.45, 7) is 6.97. The molecule has 0 aromatic heterocycles. The summed E-state index contributed by atoms with van der Waals surface area (Å²) in [5.74, 6) is 1.21. The van der Waals surface area contributed by atoms with Gasteiger partial charge < -0.3 is 10.5 Å². The van der Waals surface area contributed by atoms with Crippen molar-refractivity contribution in [3.05, 3.63) is 29.6 Å². The van der Waals surface area contributed by atoms with Crippen molar-refractivity contribution < 1.29 is 9.13 Å². The van der Waals surface area contributed by atoms with Gasteiger partial charge >= 0.3 is 0 Å². The molecule has 0 aliphatic carbocycles. The standard InChI is InChI=1S/C15H24FNO/c1-11(2)5-4-8-18-15-7-6-14(16)10-13(15)9-12(3)17/h6-7,10-12H,4-5,8-9,17H2,1-3H3. The van der Waals surface area contributed by atoms with E-state index in [-0.39, 0.29) is 11.9 Å². The molecule has 102 valence electrons. The van der Waals surface area contributed by atoms with E-state index in [1.54, 1.807) is 6.07 Å². The molecule has 0 heterocycles. The molecule has 0 bridgehead atoms. The van der Waals surface area contributed by atoms with Gasteiger partial charge in [0.05, 0.1) is 6.61 Å². The number of rotatable bonds is 7. The van der Waals surface area contributed by atoms with Crippen molar-refractivity contribution in [2.45, 2.75) is 46.1 Å². The molecule has 0 saturated carbocycles. The molecule has 1 unspecified atom stereocenters. The van der Waals surface area contributed by atoms with Gasteiger partial charge in [-0.25, -0.2) is 4.39 Å². The first kappa shape index (κ1) is 15.0. The van der Waals surface area contributed by atoms with Gasteiger partial charge in [0.15, 0.2) is 0 Å². The third-order valence-corrected chi connectivity index (χ3v) is 2.75. The van der Waals surface area contributed by atoms with E-state index in [9.17, 15) is 4.39 Å². The van der Waals surface area contributed by atoms with Gasteiger partial charge in [-0.2, -0.15) is 0 Å². The highest BCUT2D eigenvalue weighted by Gasteiger charge is 2.08. The Morgan fingerprint density at radius 3 is 2.61 bits per heavy atom. The minimum atomic E-state index is -0.236. The van der Waals surface area contributed by atoms with Crippen LogP contribution in [0.2, 0.25) is 0 Å². The van der Waals surface area contributed by atoms with Crippen molar-refractivity contribution in [2.75, 3.05) is 6.61 Å². The molecule has 0 saturated heterocycles. The SMILES string of the molecule is CC(C)CCCOc1ccc(F)cc1CC(C)N. The van der Waals surface area contributed by atoms with Crippen LogP contribution in [0.25, 0.3) is 0 Å². The Morgan fingerprint density at radius 1 is 1.28 bits per heavy atom. The van der Waals surface area contributed by atoms with E-state index in [1.165, 1.54) is 12.1 Å². The minimum absolute atomic E-state index is 0.00446. The van der Waals surface area contributed by atoms with Crippen LogP contribution in [0.1, 0.15) is 39.2 Å². The average Bonchev–Trinajstić information content (AvgIpc) is 2.25. The van der Waals surface area contributed by atoms with Crippen LogP contribution in [0.3, 0.4) is 0 Å². The first-order chi connectivity index (χ1) is 8.49. The molecule has 0 radical (unpaired) electrons. The molecule has 1 rings (SSSR count). The molecular weight excluding hydrogens is 229 g/mol. The van der Waals surface area contributed by atoms with Crippen LogP contribution in [-0.4, -0.2) is 12.6 Å². The fourth-order valence-corrected chi connectivity index (χ4v) is 1.87. The van der Waals surface area contributed by atoms with E-state index in [1.807, 2.05) is 6.92 Å². The lowest BCUT2D eigenvalue weighted by Crippen LogP contribution is -2.18. The van der Waals surface area contributed by atoms with Crippen molar-refractivity contribution in [3.8, 4) is 5.75 Å². The van der Waals surface area contributed by atoms with Crippen LogP contribution < -0.4 is 10.5 Å². The molecule has 0 fully saturated rings. The Hall–Kier alpha value is -1.09. The summed E-state index contributed by atoms with van der Waals surface area (Å²) in [6.07, 6.45) is 2.80. The third kappa shape index (κ3) is 5.50. The molecule has 0 spiro atoms. The van der Waals surface area contributed by atoms with Gasteiger partial charge in [-0.1, -0.05) is 13.8 Å². The number of nitrogens with two attached hydrogens (primary N) is 1. The van der Waals surface area contributed by atoms with E-state index in [0.717, 1.165) is 24.2 Å². The predicted octanol–water partition coefficient (Wildman–Crippen LogP) is 3.53. The van der Waals surface area contributed by atoms with E-state index < -0.39 is 0 Å². The molecule has 0 amide bonds. The van der Waals surface area contributed by atoms with Crippen molar-refractivity contribution in [3.63, 3.8) is 0 Å². The molecule has 1 aromatic carbocycles. The predicted molar refractivity (Wildman–Crippen MR) is 73.3 cm³/mol. The summed E-state index contributed by atoms with van der Waals surface area (Å²) in [5.41, 5.74) is 6.62. The van der Waals surface area contributed by atoms with Gasteiger partial charge in [0, 0.05) is 6.04 Å². The maximum absolute atomic E-state index is 13.2. The molecule has 2 N–H and O–H groups in total. The number of hydrogen-bond donors (Lipinski definition) is 1. The van der Waals surface area contributed by atoms with Crippen LogP contribution in [0.15, 0.2) is 18.2 Å². The van der Waals surface area contributed by atoms with Gasteiger partial charge in [0.25, 0.3) is 0 Å². The van der Waals surface area contributed by atoms with Crippen molar-refractivity contribution in [1.82, 2.24) is 0 Å². The van der Waals surface area contributed by atoms with E-state index in [0.29, 0.717) is 18.9 Å². The van der Waals surface area contributed by atoms with E-state index >= 15 is 0 Å². The summed E-state index contributed by atoms with van der Waals surface area (Å²) >= 11 is 0. The monoisotopic (exact) mass is 253 g/mol. The van der Waals surface area contributed by atoms with Gasteiger partial charge in [0.1, 0.15) is 11.6 Å².